The fraction of sp³-hybridized carbons (Fsp3) is 0.353. The zero-order valence-corrected chi connectivity index (χ0v) is 16.0. The zero-order chi connectivity index (χ0) is 18.6. The summed E-state index contributed by atoms with van der Waals surface area (Å²) in [5.41, 5.74) is 0.851. The number of benzene rings is 1. The van der Waals surface area contributed by atoms with E-state index in [0.29, 0.717) is 30.2 Å². The average molecular weight is 393 g/mol. The molecule has 0 unspecified atom stereocenters. The van der Waals surface area contributed by atoms with Crippen molar-refractivity contribution < 1.29 is 13.2 Å². The maximum atomic E-state index is 12.5. The van der Waals surface area contributed by atoms with Crippen LogP contribution < -0.4 is 10.0 Å². The molecule has 1 aromatic heterocycles. The lowest BCUT2D eigenvalue weighted by Gasteiger charge is -2.10. The molecule has 7 nitrogen and oxygen atoms in total. The van der Waals surface area contributed by atoms with Crippen molar-refractivity contribution in [3.8, 4) is 0 Å². The summed E-state index contributed by atoms with van der Waals surface area (Å²) >= 11 is 1.40. The van der Waals surface area contributed by atoms with Gasteiger partial charge in [0.05, 0.1) is 9.90 Å². The van der Waals surface area contributed by atoms with Gasteiger partial charge in [0.25, 0.3) is 15.9 Å². The van der Waals surface area contributed by atoms with Gasteiger partial charge < -0.3 is 5.32 Å². The first-order chi connectivity index (χ1) is 12.4. The number of amidine groups is 1. The Labute approximate surface area is 156 Å². The zero-order valence-electron chi connectivity index (χ0n) is 14.4. The van der Waals surface area contributed by atoms with E-state index in [1.165, 1.54) is 23.5 Å². The molecule has 0 aliphatic carbocycles. The number of hydrogen-bond acceptors (Lipinski definition) is 6. The minimum absolute atomic E-state index is 0.131. The Bertz CT molecular complexity index is 918. The fourth-order valence-corrected chi connectivity index (χ4v) is 4.23. The molecule has 0 fully saturated rings. The number of anilines is 1. The van der Waals surface area contributed by atoms with Gasteiger partial charge in [-0.1, -0.05) is 6.42 Å². The molecule has 1 aliphatic rings. The standard InChI is InChI=1S/C17H20N4O3S2/c1-12-19-15(11-25-12)17(22)20-13-6-8-14(9-7-13)26(23,24)21-16-5-3-2-4-10-18-16/h6-9,11H,2-5,10H2,1H3,(H,18,21)(H,20,22). The van der Waals surface area contributed by atoms with Crippen LogP contribution in [0, 0.1) is 6.92 Å². The number of carbonyl (C=O) groups is 1. The molecule has 2 aromatic rings. The fourth-order valence-electron chi connectivity index (χ4n) is 2.55. The Kier molecular flexibility index (Phi) is 5.67. The van der Waals surface area contributed by atoms with Gasteiger partial charge in [-0.3, -0.25) is 14.5 Å². The van der Waals surface area contributed by atoms with Gasteiger partial charge in [-0.15, -0.1) is 11.3 Å². The molecule has 0 bridgehead atoms. The Balaban J connectivity index is 1.68. The molecule has 0 spiro atoms. The van der Waals surface area contributed by atoms with Gasteiger partial charge in [-0.25, -0.2) is 13.4 Å². The lowest BCUT2D eigenvalue weighted by molar-refractivity contribution is 0.102. The SMILES string of the molecule is Cc1nc(C(=O)Nc2ccc(S(=O)(=O)NC3=NCCCCC3)cc2)cs1. The van der Waals surface area contributed by atoms with E-state index < -0.39 is 10.0 Å². The molecule has 26 heavy (non-hydrogen) atoms. The third-order valence-electron chi connectivity index (χ3n) is 3.90. The predicted octanol–water partition coefficient (Wildman–Crippen LogP) is 2.95. The third kappa shape index (κ3) is 4.67. The maximum absolute atomic E-state index is 12.5. The number of sulfonamides is 1. The summed E-state index contributed by atoms with van der Waals surface area (Å²) in [5, 5.41) is 5.20. The van der Waals surface area contributed by atoms with E-state index in [2.05, 4.69) is 20.0 Å². The molecule has 3 rings (SSSR count). The van der Waals surface area contributed by atoms with E-state index in [1.54, 1.807) is 17.5 Å². The third-order valence-corrected chi connectivity index (χ3v) is 6.07. The monoisotopic (exact) mass is 392 g/mol. The van der Waals surface area contributed by atoms with Crippen LogP contribution in [0.1, 0.15) is 41.2 Å². The number of nitrogens with one attached hydrogen (secondary N) is 2. The Morgan fingerprint density at radius 1 is 1.15 bits per heavy atom. The molecule has 1 aromatic carbocycles. The summed E-state index contributed by atoms with van der Waals surface area (Å²) in [4.78, 5) is 20.6. The van der Waals surface area contributed by atoms with E-state index >= 15 is 0 Å². The largest absolute Gasteiger partial charge is 0.321 e. The van der Waals surface area contributed by atoms with Gasteiger partial charge in [-0.05, 0) is 44.0 Å². The number of aryl methyl sites for hydroxylation is 1. The first-order valence-corrected chi connectivity index (χ1v) is 10.7. The highest BCUT2D eigenvalue weighted by molar-refractivity contribution is 7.90. The van der Waals surface area contributed by atoms with Gasteiger partial charge in [0, 0.05) is 24.0 Å². The van der Waals surface area contributed by atoms with Crippen LogP contribution in [0.4, 0.5) is 5.69 Å². The quantitative estimate of drug-likeness (QED) is 0.835. The predicted molar refractivity (Wildman–Crippen MR) is 102 cm³/mol. The number of carbonyl (C=O) groups excluding carboxylic acids is 1. The molecule has 1 aliphatic heterocycles. The van der Waals surface area contributed by atoms with Crippen molar-refractivity contribution in [3.63, 3.8) is 0 Å². The van der Waals surface area contributed by atoms with Crippen LogP contribution in [0.15, 0.2) is 39.5 Å². The Hall–Kier alpha value is -2.26. The van der Waals surface area contributed by atoms with Gasteiger partial charge in [0.15, 0.2) is 0 Å². The normalized spacial score (nSPS) is 15.0. The van der Waals surface area contributed by atoms with Gasteiger partial charge in [0.1, 0.15) is 11.5 Å². The molecule has 138 valence electrons. The summed E-state index contributed by atoms with van der Waals surface area (Å²) < 4.78 is 27.5. The highest BCUT2D eigenvalue weighted by Gasteiger charge is 2.17. The molecule has 0 saturated heterocycles. The number of aliphatic imine (C=N–C) groups is 1. The smallest absolute Gasteiger partial charge is 0.275 e. The second-order valence-electron chi connectivity index (χ2n) is 5.97. The van der Waals surface area contributed by atoms with E-state index in [4.69, 9.17) is 0 Å². The molecular weight excluding hydrogens is 372 g/mol. The molecule has 2 N–H and O–H groups in total. The molecule has 2 heterocycles. The Morgan fingerprint density at radius 2 is 1.92 bits per heavy atom. The van der Waals surface area contributed by atoms with Crippen LogP contribution in [-0.2, 0) is 10.0 Å². The maximum Gasteiger partial charge on any atom is 0.275 e. The lowest BCUT2D eigenvalue weighted by atomic mass is 10.2. The first-order valence-electron chi connectivity index (χ1n) is 8.34. The minimum atomic E-state index is -3.67. The van der Waals surface area contributed by atoms with E-state index in [9.17, 15) is 13.2 Å². The molecule has 9 heteroatoms. The topological polar surface area (TPSA) is 101 Å². The van der Waals surface area contributed by atoms with Crippen LogP contribution >= 0.6 is 11.3 Å². The van der Waals surface area contributed by atoms with Crippen molar-refractivity contribution in [1.82, 2.24) is 9.71 Å². The Morgan fingerprint density at radius 3 is 2.62 bits per heavy atom. The summed E-state index contributed by atoms with van der Waals surface area (Å²) in [5.74, 6) is 0.190. The summed E-state index contributed by atoms with van der Waals surface area (Å²) in [6, 6.07) is 6.03. The van der Waals surface area contributed by atoms with E-state index in [0.717, 1.165) is 24.3 Å². The second kappa shape index (κ2) is 7.96. The summed E-state index contributed by atoms with van der Waals surface area (Å²) in [6.07, 6.45) is 3.61. The van der Waals surface area contributed by atoms with Crippen molar-refractivity contribution in [2.75, 3.05) is 11.9 Å². The number of amides is 1. The molecule has 0 atom stereocenters. The number of aromatic nitrogens is 1. The van der Waals surface area contributed by atoms with Crippen molar-refractivity contribution in [3.05, 3.63) is 40.3 Å². The van der Waals surface area contributed by atoms with Gasteiger partial charge in [0.2, 0.25) is 0 Å². The first kappa shape index (κ1) is 18.5. The second-order valence-corrected chi connectivity index (χ2v) is 8.72. The highest BCUT2D eigenvalue weighted by Crippen LogP contribution is 2.17. The lowest BCUT2D eigenvalue weighted by Crippen LogP contribution is -2.30. The van der Waals surface area contributed by atoms with Crippen LogP contribution in [0.2, 0.25) is 0 Å². The summed E-state index contributed by atoms with van der Waals surface area (Å²) in [6.45, 7) is 2.48. The van der Waals surface area contributed by atoms with E-state index in [1.807, 2.05) is 6.92 Å². The summed E-state index contributed by atoms with van der Waals surface area (Å²) in [7, 11) is -3.67. The molecule has 1 amide bonds. The number of rotatable bonds is 4. The minimum Gasteiger partial charge on any atom is -0.321 e. The van der Waals surface area contributed by atoms with Crippen molar-refractivity contribution >= 4 is 38.8 Å². The van der Waals surface area contributed by atoms with Gasteiger partial charge >= 0.3 is 0 Å². The van der Waals surface area contributed by atoms with Crippen molar-refractivity contribution in [2.24, 2.45) is 4.99 Å². The van der Waals surface area contributed by atoms with Crippen molar-refractivity contribution in [1.29, 1.82) is 0 Å². The van der Waals surface area contributed by atoms with Crippen molar-refractivity contribution in [2.45, 2.75) is 37.5 Å². The van der Waals surface area contributed by atoms with Crippen LogP contribution in [-0.4, -0.2) is 31.7 Å². The van der Waals surface area contributed by atoms with Crippen LogP contribution in [0.3, 0.4) is 0 Å². The van der Waals surface area contributed by atoms with Gasteiger partial charge in [-0.2, -0.15) is 0 Å². The highest BCUT2D eigenvalue weighted by atomic mass is 32.2. The van der Waals surface area contributed by atoms with Crippen LogP contribution in [0.25, 0.3) is 0 Å². The average Bonchev–Trinajstić information content (AvgIpc) is 2.88. The molecule has 0 saturated carbocycles. The van der Waals surface area contributed by atoms with E-state index in [-0.39, 0.29) is 10.8 Å². The molecular formula is C17H20N4O3S2. The number of nitrogens with zero attached hydrogens (tertiary/aromatic N) is 2. The molecule has 0 radical (unpaired) electrons. The number of thiazole rings is 1. The number of hydrogen-bond donors (Lipinski definition) is 2. The van der Waals surface area contributed by atoms with Crippen LogP contribution in [0.5, 0.6) is 0 Å².